The third-order valence-electron chi connectivity index (χ3n) is 4.96. The lowest BCUT2D eigenvalue weighted by atomic mass is 10.1. The molecular formula is C25H24N2O5. The highest BCUT2D eigenvalue weighted by molar-refractivity contribution is 5.67. The smallest absolute Gasteiger partial charge is 0.258 e. The minimum atomic E-state index is 0.338. The first-order valence-corrected chi connectivity index (χ1v) is 10.0. The molecule has 0 saturated carbocycles. The van der Waals surface area contributed by atoms with Gasteiger partial charge in [0.25, 0.3) is 5.89 Å². The molecule has 0 spiro atoms. The highest BCUT2D eigenvalue weighted by Gasteiger charge is 2.18. The van der Waals surface area contributed by atoms with Crippen molar-refractivity contribution in [3.8, 4) is 45.8 Å². The molecule has 0 radical (unpaired) electrons. The predicted octanol–water partition coefficient (Wildman–Crippen LogP) is 5.32. The second-order valence-corrected chi connectivity index (χ2v) is 7.14. The van der Waals surface area contributed by atoms with Crippen molar-refractivity contribution in [3.63, 3.8) is 0 Å². The number of benzene rings is 3. The van der Waals surface area contributed by atoms with Crippen LogP contribution in [-0.2, 0) is 6.61 Å². The van der Waals surface area contributed by atoms with E-state index in [2.05, 4.69) is 41.3 Å². The normalized spacial score (nSPS) is 10.6. The molecule has 0 N–H and O–H groups in total. The highest BCUT2D eigenvalue weighted by atomic mass is 16.5. The maximum atomic E-state index is 5.94. The van der Waals surface area contributed by atoms with Crippen LogP contribution in [0.15, 0.2) is 65.2 Å². The minimum absolute atomic E-state index is 0.338. The van der Waals surface area contributed by atoms with Gasteiger partial charge in [-0.25, -0.2) is 0 Å². The Bertz CT molecular complexity index is 1180. The molecule has 32 heavy (non-hydrogen) atoms. The standard InChI is InChI=1S/C25H24N2O5/c1-16-8-10-17(11-9-16)15-31-20-7-5-6-18(12-20)24-26-25(32-27-24)19-13-21(28-2)23(30-4)22(14-19)29-3/h5-14H,15H2,1-4H3. The largest absolute Gasteiger partial charge is 0.493 e. The van der Waals surface area contributed by atoms with Gasteiger partial charge in [0.1, 0.15) is 12.4 Å². The van der Waals surface area contributed by atoms with E-state index in [1.165, 1.54) is 5.56 Å². The Labute approximate surface area is 186 Å². The fourth-order valence-corrected chi connectivity index (χ4v) is 3.24. The summed E-state index contributed by atoms with van der Waals surface area (Å²) in [5, 5.41) is 4.13. The summed E-state index contributed by atoms with van der Waals surface area (Å²) in [6.45, 7) is 2.54. The van der Waals surface area contributed by atoms with Crippen LogP contribution >= 0.6 is 0 Å². The molecule has 0 bridgehead atoms. The average molecular weight is 432 g/mol. The molecule has 4 rings (SSSR count). The number of methoxy groups -OCH3 is 3. The van der Waals surface area contributed by atoms with Crippen LogP contribution in [0.2, 0.25) is 0 Å². The Morgan fingerprint density at radius 3 is 2.19 bits per heavy atom. The second kappa shape index (κ2) is 9.43. The van der Waals surface area contributed by atoms with E-state index in [1.807, 2.05) is 24.3 Å². The number of rotatable bonds is 8. The third-order valence-corrected chi connectivity index (χ3v) is 4.96. The maximum Gasteiger partial charge on any atom is 0.258 e. The Morgan fingerprint density at radius 2 is 1.53 bits per heavy atom. The summed E-state index contributed by atoms with van der Waals surface area (Å²) in [5.74, 6) is 3.03. The molecule has 0 aliphatic heterocycles. The summed E-state index contributed by atoms with van der Waals surface area (Å²) >= 11 is 0. The molecule has 0 atom stereocenters. The number of nitrogens with zero attached hydrogens (tertiary/aromatic N) is 2. The second-order valence-electron chi connectivity index (χ2n) is 7.14. The first-order valence-electron chi connectivity index (χ1n) is 10.0. The van der Waals surface area contributed by atoms with E-state index in [-0.39, 0.29) is 0 Å². The molecule has 7 nitrogen and oxygen atoms in total. The van der Waals surface area contributed by atoms with Gasteiger partial charge in [0.2, 0.25) is 11.6 Å². The van der Waals surface area contributed by atoms with Crippen molar-refractivity contribution >= 4 is 0 Å². The summed E-state index contributed by atoms with van der Waals surface area (Å²) < 4.78 is 27.6. The summed E-state index contributed by atoms with van der Waals surface area (Å²) in [5.41, 5.74) is 3.76. The molecule has 4 aromatic rings. The van der Waals surface area contributed by atoms with Crippen molar-refractivity contribution in [3.05, 3.63) is 71.8 Å². The molecule has 1 aromatic heterocycles. The van der Waals surface area contributed by atoms with Gasteiger partial charge < -0.3 is 23.5 Å². The monoisotopic (exact) mass is 432 g/mol. The number of hydrogen-bond donors (Lipinski definition) is 0. The summed E-state index contributed by atoms with van der Waals surface area (Å²) in [6.07, 6.45) is 0. The fourth-order valence-electron chi connectivity index (χ4n) is 3.24. The number of ether oxygens (including phenoxy) is 4. The quantitative estimate of drug-likeness (QED) is 0.373. The fraction of sp³-hybridized carbons (Fsp3) is 0.200. The molecule has 0 amide bonds. The molecule has 0 unspecified atom stereocenters. The van der Waals surface area contributed by atoms with E-state index in [9.17, 15) is 0 Å². The number of aromatic nitrogens is 2. The lowest BCUT2D eigenvalue weighted by molar-refractivity contribution is 0.306. The van der Waals surface area contributed by atoms with Gasteiger partial charge in [-0.2, -0.15) is 4.98 Å². The first kappa shape index (κ1) is 21.2. The van der Waals surface area contributed by atoms with Crippen LogP contribution in [0.25, 0.3) is 22.8 Å². The molecule has 0 saturated heterocycles. The lowest BCUT2D eigenvalue weighted by Crippen LogP contribution is -1.96. The highest BCUT2D eigenvalue weighted by Crippen LogP contribution is 2.41. The van der Waals surface area contributed by atoms with E-state index in [0.29, 0.717) is 41.1 Å². The van der Waals surface area contributed by atoms with Gasteiger partial charge in [-0.1, -0.05) is 47.1 Å². The Kier molecular flexibility index (Phi) is 6.26. The summed E-state index contributed by atoms with van der Waals surface area (Å²) in [6, 6.07) is 19.4. The lowest BCUT2D eigenvalue weighted by Gasteiger charge is -2.12. The van der Waals surface area contributed by atoms with Gasteiger partial charge in [0.05, 0.1) is 21.3 Å². The van der Waals surface area contributed by atoms with Gasteiger partial charge >= 0.3 is 0 Å². The van der Waals surface area contributed by atoms with Crippen molar-refractivity contribution in [1.29, 1.82) is 0 Å². The zero-order valence-electron chi connectivity index (χ0n) is 18.4. The van der Waals surface area contributed by atoms with Crippen molar-refractivity contribution in [2.45, 2.75) is 13.5 Å². The van der Waals surface area contributed by atoms with Gasteiger partial charge in [0.15, 0.2) is 11.5 Å². The Balaban J connectivity index is 1.56. The van der Waals surface area contributed by atoms with Crippen LogP contribution in [0.1, 0.15) is 11.1 Å². The topological polar surface area (TPSA) is 75.8 Å². The van der Waals surface area contributed by atoms with E-state index < -0.39 is 0 Å². The van der Waals surface area contributed by atoms with Gasteiger partial charge in [-0.05, 0) is 36.8 Å². The Morgan fingerprint density at radius 1 is 0.812 bits per heavy atom. The summed E-state index contributed by atoms with van der Waals surface area (Å²) in [4.78, 5) is 4.54. The predicted molar refractivity (Wildman–Crippen MR) is 120 cm³/mol. The van der Waals surface area contributed by atoms with Crippen LogP contribution in [0.5, 0.6) is 23.0 Å². The van der Waals surface area contributed by atoms with Crippen LogP contribution in [-0.4, -0.2) is 31.5 Å². The zero-order chi connectivity index (χ0) is 22.5. The van der Waals surface area contributed by atoms with Crippen molar-refractivity contribution in [2.75, 3.05) is 21.3 Å². The van der Waals surface area contributed by atoms with Gasteiger partial charge in [-0.3, -0.25) is 0 Å². The molecular weight excluding hydrogens is 408 g/mol. The van der Waals surface area contributed by atoms with Crippen LogP contribution in [0, 0.1) is 6.92 Å². The molecule has 0 aliphatic carbocycles. The van der Waals surface area contributed by atoms with E-state index >= 15 is 0 Å². The third kappa shape index (κ3) is 4.51. The van der Waals surface area contributed by atoms with Crippen molar-refractivity contribution in [2.24, 2.45) is 0 Å². The number of aryl methyl sites for hydroxylation is 1. The molecule has 7 heteroatoms. The first-order chi connectivity index (χ1) is 15.6. The minimum Gasteiger partial charge on any atom is -0.493 e. The molecule has 3 aromatic carbocycles. The van der Waals surface area contributed by atoms with E-state index in [4.69, 9.17) is 23.5 Å². The molecule has 164 valence electrons. The van der Waals surface area contributed by atoms with Crippen LogP contribution < -0.4 is 18.9 Å². The molecule has 0 aliphatic rings. The molecule has 0 fully saturated rings. The van der Waals surface area contributed by atoms with Crippen LogP contribution in [0.4, 0.5) is 0 Å². The summed E-state index contributed by atoms with van der Waals surface area (Å²) in [7, 11) is 4.67. The van der Waals surface area contributed by atoms with E-state index in [0.717, 1.165) is 16.9 Å². The zero-order valence-corrected chi connectivity index (χ0v) is 18.4. The Hall–Kier alpha value is -4.00. The average Bonchev–Trinajstić information content (AvgIpc) is 3.33. The van der Waals surface area contributed by atoms with Crippen molar-refractivity contribution < 1.29 is 23.5 Å². The van der Waals surface area contributed by atoms with Gasteiger partial charge in [0, 0.05) is 11.1 Å². The number of hydrogen-bond acceptors (Lipinski definition) is 7. The SMILES string of the molecule is COc1cc(-c2nc(-c3cccc(OCc4ccc(C)cc4)c3)no2)cc(OC)c1OC. The van der Waals surface area contributed by atoms with E-state index in [1.54, 1.807) is 33.5 Å². The van der Waals surface area contributed by atoms with Gasteiger partial charge in [-0.15, -0.1) is 0 Å². The molecule has 1 heterocycles. The maximum absolute atomic E-state index is 5.94. The van der Waals surface area contributed by atoms with Crippen molar-refractivity contribution in [1.82, 2.24) is 10.1 Å². The van der Waals surface area contributed by atoms with Crippen LogP contribution in [0.3, 0.4) is 0 Å².